The number of rotatable bonds is 16. The zero-order chi connectivity index (χ0) is 101. The molecule has 0 heterocycles. The Morgan fingerprint density at radius 1 is 0.181 bits per heavy atom. The number of carbonyl (C=O) groups excluding carboxylic acids is 1. The van der Waals surface area contributed by atoms with Gasteiger partial charge in [0.15, 0.2) is 5.78 Å². The van der Waals surface area contributed by atoms with Crippen molar-refractivity contribution in [3.8, 4) is 0 Å². The fourth-order valence-electron chi connectivity index (χ4n) is 10.3. The first-order valence-corrected chi connectivity index (χ1v) is 61.7. The predicted molar refractivity (Wildman–Crippen MR) is 565 cm³/mol. The van der Waals surface area contributed by atoms with Crippen molar-refractivity contribution in [2.45, 2.75) is 251 Å². The van der Waals surface area contributed by atoms with Gasteiger partial charge in [0.05, 0.1) is 0 Å². The Labute approximate surface area is 780 Å². The van der Waals surface area contributed by atoms with Crippen molar-refractivity contribution in [1.82, 2.24) is 0 Å². The molecule has 0 fully saturated rings. The quantitative estimate of drug-likeness (QED) is 0.0812. The van der Waals surface area contributed by atoms with E-state index in [4.69, 9.17) is 0 Å². The van der Waals surface area contributed by atoms with Crippen LogP contribution in [0.3, 0.4) is 0 Å². The van der Waals surface area contributed by atoms with E-state index in [0.717, 1.165) is 92.9 Å². The molecule has 0 unspecified atom stereocenters. The number of ketones is 1. The van der Waals surface area contributed by atoms with E-state index >= 15 is 0 Å². The Kier molecular flexibility index (Phi) is 94.9. The molecule has 0 saturated heterocycles. The van der Waals surface area contributed by atoms with Gasteiger partial charge < -0.3 is 0 Å². The molecule has 9 aromatic carbocycles. The largest absolute Gasteiger partial charge is 0.289 e. The second-order valence-corrected chi connectivity index (χ2v) is 44.7. The van der Waals surface area contributed by atoms with Crippen LogP contribution in [0.2, 0.25) is 0 Å². The third-order valence-electron chi connectivity index (χ3n) is 14.8. The topological polar surface area (TPSA) is 290 Å². The third kappa shape index (κ3) is 86.8. The lowest BCUT2D eigenvalue weighted by molar-refractivity contribution is 0.103. The zero-order valence-electron chi connectivity index (χ0n) is 84.8. The van der Waals surface area contributed by atoms with Crippen LogP contribution in [0.1, 0.15) is 281 Å². The summed E-state index contributed by atoms with van der Waals surface area (Å²) in [5.41, 5.74) is 9.96. The first kappa shape index (κ1) is 140. The van der Waals surface area contributed by atoms with Crippen LogP contribution < -0.4 is 0 Å². The van der Waals surface area contributed by atoms with Gasteiger partial charge in [-0.25, -0.2) is 67.3 Å². The fourth-order valence-corrected chi connectivity index (χ4v) is 16.3. The number of sulfone groups is 8. The predicted octanol–water partition coefficient (Wildman–Crippen LogP) is 25.6. The molecule has 11 rings (SSSR count). The van der Waals surface area contributed by atoms with Crippen LogP contribution in [0.5, 0.6) is 0 Å². The van der Waals surface area contributed by atoms with Gasteiger partial charge in [0, 0.05) is 107 Å². The number of hydrogen-bond donors (Lipinski definition) is 0. The van der Waals surface area contributed by atoms with Crippen LogP contribution in [0.15, 0.2) is 206 Å². The molecule has 17 nitrogen and oxygen atoms in total. The van der Waals surface area contributed by atoms with E-state index in [0.29, 0.717) is 46.0 Å². The van der Waals surface area contributed by atoms with E-state index in [1.165, 1.54) is 105 Å². The van der Waals surface area contributed by atoms with Crippen LogP contribution in [0.25, 0.3) is 32.3 Å². The molecule has 0 saturated carbocycles. The SMILES string of the molecule is CC.CC.CC.CC.CC.CC.CC.CC.CC.CCCS(C)(=O)=O.CCCS(C)(=O)=O.CCCS(C)(=O)=O.CCCS(C)(=O)=O.CCCS(C)(=O)=O.CCCS(C)(=O)=O.CCCS(C)(=O)=O.CCCS(C)(=O)=O.O=C1c2ccccc2Cc2ccccc21.c1ccc2c(c1)Cc1ccccc1C2.c1ccc2cc3ccccc3cc2c1.c1ccc2ccccc2c1. The summed E-state index contributed by atoms with van der Waals surface area (Å²) in [5.74, 6) is 2.66. The molecule has 0 aromatic heterocycles. The molecule has 127 heavy (non-hydrogen) atoms. The van der Waals surface area contributed by atoms with Crippen molar-refractivity contribution in [3.05, 3.63) is 251 Å². The van der Waals surface area contributed by atoms with Crippen LogP contribution >= 0.6 is 0 Å². The Morgan fingerprint density at radius 2 is 0.299 bits per heavy atom. The molecule has 0 spiro atoms. The highest BCUT2D eigenvalue weighted by Crippen LogP contribution is 2.28. The Hall–Kier alpha value is -6.97. The molecule has 2 aliphatic carbocycles. The molecular weight excluding hydrogens is 1750 g/mol. The summed E-state index contributed by atoms with van der Waals surface area (Å²) in [7, 11) is -21.4. The highest BCUT2D eigenvalue weighted by atomic mass is 32.2. The number of fused-ring (bicyclic) bond motifs is 7. The molecule has 0 N–H and O–H groups in total. The highest BCUT2D eigenvalue weighted by molar-refractivity contribution is 7.92. The van der Waals surface area contributed by atoms with Crippen LogP contribution in [0.4, 0.5) is 0 Å². The minimum Gasteiger partial charge on any atom is -0.289 e. The van der Waals surface area contributed by atoms with E-state index in [2.05, 4.69) is 158 Å². The van der Waals surface area contributed by atoms with Gasteiger partial charge in [0.25, 0.3) is 0 Å². The molecule has 0 radical (unpaired) electrons. The van der Waals surface area contributed by atoms with Crippen LogP contribution in [0, 0.1) is 0 Å². The Morgan fingerprint density at radius 3 is 0.433 bits per heavy atom. The van der Waals surface area contributed by atoms with E-state index in [9.17, 15) is 72.1 Å². The lowest BCUT2D eigenvalue weighted by atomic mass is 9.85. The summed E-state index contributed by atoms with van der Waals surface area (Å²) in [6.07, 6.45) is 18.8. The van der Waals surface area contributed by atoms with Gasteiger partial charge in [-0.3, -0.25) is 4.79 Å². The van der Waals surface area contributed by atoms with Gasteiger partial charge in [0.1, 0.15) is 78.7 Å². The van der Waals surface area contributed by atoms with Crippen molar-refractivity contribution < 1.29 is 72.1 Å². The van der Waals surface area contributed by atoms with E-state index in [1.807, 2.05) is 229 Å². The zero-order valence-corrected chi connectivity index (χ0v) is 91.3. The van der Waals surface area contributed by atoms with Gasteiger partial charge in [-0.1, -0.05) is 374 Å². The number of carbonyl (C=O) groups is 1. The minimum absolute atomic E-state index is 0.160. The van der Waals surface area contributed by atoms with Gasteiger partial charge in [0.2, 0.25) is 0 Å². The lowest BCUT2D eigenvalue weighted by Gasteiger charge is -2.18. The third-order valence-corrected chi connectivity index (χ3v) is 24.0. The maximum Gasteiger partial charge on any atom is 0.193 e. The van der Waals surface area contributed by atoms with Crippen molar-refractivity contribution in [3.63, 3.8) is 0 Å². The lowest BCUT2D eigenvalue weighted by Crippen LogP contribution is -2.14. The molecule has 9 aromatic rings. The standard InChI is InChI=1S/C14H10O.C14H12.C14H10.C10H8.8C4H10O2S.9C2H6/c15-14-12-7-3-1-5-10(12)9-11-6-2-4-8-13(11)14;2*1-2-6-12-10-14-8-4-3-7-13(14)9-11(12)5-1;1-2-6-10-8-4-3-7-9(10)5-1;8*1-3-4-7(2,5)6;9*1-2/h1-8H,9H2;1-8H,9-10H2;1-10H;1-8H;8*3-4H2,1-2H3;9*1-2H3. The molecule has 2 aliphatic rings. The van der Waals surface area contributed by atoms with E-state index in [1.54, 1.807) is 0 Å². The molecule has 25 heteroatoms. The van der Waals surface area contributed by atoms with Crippen molar-refractivity contribution in [2.24, 2.45) is 0 Å². The average molecular weight is 1930 g/mol. The summed E-state index contributed by atoms with van der Waals surface area (Å²) in [4.78, 5) is 12.1. The van der Waals surface area contributed by atoms with Crippen molar-refractivity contribution >= 4 is 117 Å². The second kappa shape index (κ2) is 85.8. The summed E-state index contributed by atoms with van der Waals surface area (Å²) >= 11 is 0. The van der Waals surface area contributed by atoms with Crippen molar-refractivity contribution in [2.75, 3.05) is 96.1 Å². The first-order valence-electron chi connectivity index (χ1n) is 45.2. The normalized spacial score (nSPS) is 10.6. The summed E-state index contributed by atoms with van der Waals surface area (Å²) < 4.78 is 164. The summed E-state index contributed by atoms with van der Waals surface area (Å²) in [5, 5.41) is 7.87. The molecular formula is C102H174O17S8. The minimum atomic E-state index is -2.67. The summed E-state index contributed by atoms with van der Waals surface area (Å²) in [6.45, 7) is 50.8. The highest BCUT2D eigenvalue weighted by Gasteiger charge is 2.22. The molecule has 0 bridgehead atoms. The maximum absolute atomic E-state index is 12.1. The van der Waals surface area contributed by atoms with Crippen molar-refractivity contribution in [1.29, 1.82) is 0 Å². The van der Waals surface area contributed by atoms with Crippen LogP contribution in [-0.4, -0.2) is 169 Å². The van der Waals surface area contributed by atoms with Gasteiger partial charge in [-0.2, -0.15) is 0 Å². The number of hydrogen-bond acceptors (Lipinski definition) is 17. The van der Waals surface area contributed by atoms with E-state index < -0.39 is 78.7 Å². The summed E-state index contributed by atoms with van der Waals surface area (Å²) in [6, 6.07) is 71.3. The first-order chi connectivity index (χ1) is 59.7. The second-order valence-electron chi connectivity index (χ2n) is 26.6. The number of benzene rings is 9. The van der Waals surface area contributed by atoms with Gasteiger partial charge in [-0.05, 0) is 148 Å². The smallest absolute Gasteiger partial charge is 0.193 e. The monoisotopic (exact) mass is 1930 g/mol. The average Bonchev–Trinajstić information content (AvgIpc) is 0.784. The molecule has 0 amide bonds. The fraction of sp³-hybridized carbons (Fsp3) is 0.520. The molecule has 0 aliphatic heterocycles. The molecule has 732 valence electrons. The van der Waals surface area contributed by atoms with Gasteiger partial charge in [-0.15, -0.1) is 0 Å². The Bertz CT molecular complexity index is 4430. The molecule has 0 atom stereocenters. The van der Waals surface area contributed by atoms with Crippen LogP contribution in [-0.2, 0) is 98.0 Å². The van der Waals surface area contributed by atoms with Gasteiger partial charge >= 0.3 is 0 Å². The maximum atomic E-state index is 12.1. The van der Waals surface area contributed by atoms with E-state index in [-0.39, 0.29) is 5.78 Å². The Balaban J connectivity index is -0.000000146.